The van der Waals surface area contributed by atoms with Crippen molar-refractivity contribution in [2.45, 2.75) is 18.9 Å². The summed E-state index contributed by atoms with van der Waals surface area (Å²) in [6.45, 7) is 3.06. The molecule has 1 aliphatic heterocycles. The molecule has 0 spiro atoms. The number of ether oxygens (including phenoxy) is 2. The van der Waals surface area contributed by atoms with Gasteiger partial charge in [-0.15, -0.1) is 0 Å². The lowest BCUT2D eigenvalue weighted by Gasteiger charge is -2.26. The summed E-state index contributed by atoms with van der Waals surface area (Å²) in [5.41, 5.74) is 8.74. The highest BCUT2D eigenvalue weighted by molar-refractivity contribution is 5.96. The fourth-order valence-electron chi connectivity index (χ4n) is 4.14. The van der Waals surface area contributed by atoms with Crippen LogP contribution < -0.4 is 11.1 Å². The van der Waals surface area contributed by atoms with Crippen molar-refractivity contribution in [3.8, 4) is 17.1 Å². The van der Waals surface area contributed by atoms with Gasteiger partial charge in [0.05, 0.1) is 24.0 Å². The summed E-state index contributed by atoms with van der Waals surface area (Å²) in [5.74, 6) is 0.934. The second kappa shape index (κ2) is 7.94. The van der Waals surface area contributed by atoms with E-state index in [1.807, 2.05) is 32.3 Å². The van der Waals surface area contributed by atoms with E-state index in [-0.39, 0.29) is 0 Å². The number of rotatable bonds is 5. The maximum Gasteiger partial charge on any atom is 0.317 e. The molecule has 11 nitrogen and oxygen atoms in total. The fraction of sp³-hybridized carbons (Fsp3) is 0.318. The summed E-state index contributed by atoms with van der Waals surface area (Å²) in [6.07, 6.45) is 6.00. The zero-order valence-corrected chi connectivity index (χ0v) is 18.6. The average molecular weight is 448 g/mol. The monoisotopic (exact) mass is 448 g/mol. The zero-order valence-electron chi connectivity index (χ0n) is 18.6. The number of carbonyl (C=O) groups excluding carboxylic acids is 1. The van der Waals surface area contributed by atoms with Gasteiger partial charge in [0.25, 0.3) is 0 Å². The molecular formula is C22H24N8O3. The minimum Gasteiger partial charge on any atom is -0.378 e. The predicted octanol–water partition coefficient (Wildman–Crippen LogP) is 2.28. The summed E-state index contributed by atoms with van der Waals surface area (Å²) >= 11 is 0. The molecule has 1 aliphatic rings. The van der Waals surface area contributed by atoms with Crippen molar-refractivity contribution in [3.63, 3.8) is 0 Å². The van der Waals surface area contributed by atoms with Crippen molar-refractivity contribution in [1.29, 1.82) is 0 Å². The first-order valence-electron chi connectivity index (χ1n) is 10.5. The van der Waals surface area contributed by atoms with Crippen LogP contribution in [0.15, 0.2) is 36.8 Å². The van der Waals surface area contributed by atoms with Crippen LogP contribution >= 0.6 is 0 Å². The number of primary amides is 1. The third-order valence-electron chi connectivity index (χ3n) is 5.81. The van der Waals surface area contributed by atoms with Crippen molar-refractivity contribution in [3.05, 3.63) is 48.0 Å². The molecule has 2 amide bonds. The van der Waals surface area contributed by atoms with Crippen LogP contribution in [-0.2, 0) is 22.1 Å². The molecule has 0 saturated carbocycles. The summed E-state index contributed by atoms with van der Waals surface area (Å²) in [4.78, 5) is 20.6. The lowest BCUT2D eigenvalue weighted by molar-refractivity contribution is -0.0246. The van der Waals surface area contributed by atoms with Gasteiger partial charge in [-0.05, 0) is 24.6 Å². The Labute approximate surface area is 189 Å². The van der Waals surface area contributed by atoms with Crippen LogP contribution in [0, 0.1) is 6.92 Å². The van der Waals surface area contributed by atoms with E-state index in [1.165, 1.54) is 0 Å². The third-order valence-corrected chi connectivity index (χ3v) is 5.81. The number of fused-ring (bicyclic) bond motifs is 1. The summed E-state index contributed by atoms with van der Waals surface area (Å²) in [7, 11) is 3.52. The number of hydrogen-bond donors (Lipinski definition) is 2. The number of anilines is 1. The SMILES string of the molecule is CO[C@@]1(c2cc(C)cc(-n3nc(-c4cnn(C)c4)c4cnc(NC(N)=O)cc43)n2)CCOC1. The van der Waals surface area contributed by atoms with E-state index in [4.69, 9.17) is 25.3 Å². The molecule has 5 rings (SSSR count). The molecule has 0 unspecified atom stereocenters. The lowest BCUT2D eigenvalue weighted by atomic mass is 9.97. The van der Waals surface area contributed by atoms with Gasteiger partial charge in [-0.2, -0.15) is 10.2 Å². The van der Waals surface area contributed by atoms with Gasteiger partial charge >= 0.3 is 6.03 Å². The van der Waals surface area contributed by atoms with Crippen LogP contribution in [0.25, 0.3) is 28.0 Å². The van der Waals surface area contributed by atoms with Crippen molar-refractivity contribution < 1.29 is 14.3 Å². The predicted molar refractivity (Wildman–Crippen MR) is 121 cm³/mol. The Morgan fingerprint density at radius 2 is 2.15 bits per heavy atom. The van der Waals surface area contributed by atoms with E-state index < -0.39 is 11.6 Å². The van der Waals surface area contributed by atoms with E-state index in [9.17, 15) is 4.79 Å². The maximum absolute atomic E-state index is 11.4. The molecule has 170 valence electrons. The number of aromatic nitrogens is 6. The van der Waals surface area contributed by atoms with Crippen LogP contribution in [-0.4, -0.2) is 55.9 Å². The highest BCUT2D eigenvalue weighted by Crippen LogP contribution is 2.35. The molecule has 1 atom stereocenters. The number of amides is 2. The first-order valence-corrected chi connectivity index (χ1v) is 10.5. The van der Waals surface area contributed by atoms with Gasteiger partial charge in [-0.1, -0.05) is 0 Å². The van der Waals surface area contributed by atoms with E-state index in [2.05, 4.69) is 15.4 Å². The number of carbonyl (C=O) groups is 1. The van der Waals surface area contributed by atoms with Gasteiger partial charge in [-0.3, -0.25) is 10.00 Å². The van der Waals surface area contributed by atoms with Gasteiger partial charge in [0.15, 0.2) is 5.82 Å². The quantitative estimate of drug-likeness (QED) is 0.478. The Balaban J connectivity index is 1.72. The molecule has 0 radical (unpaired) electrons. The molecule has 5 heterocycles. The second-order valence-electron chi connectivity index (χ2n) is 8.13. The molecule has 0 aliphatic carbocycles. The van der Waals surface area contributed by atoms with E-state index in [0.29, 0.717) is 36.1 Å². The standard InChI is InChI=1S/C22H24N8O3/c1-13-6-17(22(32-3)4-5-33-12-22)26-19(7-13)30-16-8-18(27-21(23)31)24-10-15(16)20(28-30)14-9-25-29(2)11-14/h6-11H,4-5,12H2,1-3H3,(H3,23,24,27,31)/t22-/m0/s1. The summed E-state index contributed by atoms with van der Waals surface area (Å²) in [6, 6.07) is 4.99. The lowest BCUT2D eigenvalue weighted by Crippen LogP contribution is -2.30. The van der Waals surface area contributed by atoms with Gasteiger partial charge in [0.1, 0.15) is 17.1 Å². The van der Waals surface area contributed by atoms with Crippen molar-refractivity contribution in [2.75, 3.05) is 25.6 Å². The number of aryl methyl sites for hydroxylation is 2. The average Bonchev–Trinajstić information content (AvgIpc) is 3.51. The molecule has 33 heavy (non-hydrogen) atoms. The van der Waals surface area contributed by atoms with Crippen LogP contribution in [0.4, 0.5) is 10.6 Å². The minimum atomic E-state index is -0.695. The number of nitrogens with two attached hydrogens (primary N) is 1. The summed E-state index contributed by atoms with van der Waals surface area (Å²) in [5, 5.41) is 12.4. The number of hydrogen-bond acceptors (Lipinski definition) is 7. The largest absolute Gasteiger partial charge is 0.378 e. The highest BCUT2D eigenvalue weighted by atomic mass is 16.5. The molecular weight excluding hydrogens is 424 g/mol. The number of urea groups is 1. The van der Waals surface area contributed by atoms with Gasteiger partial charge in [0.2, 0.25) is 0 Å². The number of pyridine rings is 2. The molecule has 0 bridgehead atoms. The first-order chi connectivity index (χ1) is 15.9. The van der Waals surface area contributed by atoms with E-state index in [0.717, 1.165) is 28.6 Å². The number of nitrogens with zero attached hydrogens (tertiary/aromatic N) is 6. The maximum atomic E-state index is 11.4. The van der Waals surface area contributed by atoms with Gasteiger partial charge in [0, 0.05) is 56.6 Å². The molecule has 1 saturated heterocycles. The topological polar surface area (TPSA) is 135 Å². The van der Waals surface area contributed by atoms with Crippen LogP contribution in [0.2, 0.25) is 0 Å². The van der Waals surface area contributed by atoms with Gasteiger partial charge in [-0.25, -0.2) is 19.4 Å². The van der Waals surface area contributed by atoms with Crippen molar-refractivity contribution in [2.24, 2.45) is 12.8 Å². The number of nitrogens with one attached hydrogen (secondary N) is 1. The zero-order chi connectivity index (χ0) is 23.2. The Kier molecular flexibility index (Phi) is 5.06. The Morgan fingerprint density at radius 3 is 2.82 bits per heavy atom. The molecule has 11 heteroatoms. The van der Waals surface area contributed by atoms with Crippen molar-refractivity contribution in [1.82, 2.24) is 29.5 Å². The second-order valence-corrected chi connectivity index (χ2v) is 8.13. The van der Waals surface area contributed by atoms with Crippen molar-refractivity contribution >= 4 is 22.8 Å². The highest BCUT2D eigenvalue weighted by Gasteiger charge is 2.38. The Morgan fingerprint density at radius 1 is 1.30 bits per heavy atom. The van der Waals surface area contributed by atoms with E-state index in [1.54, 1.807) is 34.9 Å². The molecule has 0 aromatic carbocycles. The molecule has 1 fully saturated rings. The fourth-order valence-corrected chi connectivity index (χ4v) is 4.14. The molecule has 3 N–H and O–H groups in total. The van der Waals surface area contributed by atoms with Crippen LogP contribution in [0.1, 0.15) is 17.7 Å². The Bertz CT molecular complexity index is 1350. The summed E-state index contributed by atoms with van der Waals surface area (Å²) < 4.78 is 14.9. The minimum absolute atomic E-state index is 0.319. The third kappa shape index (κ3) is 3.70. The van der Waals surface area contributed by atoms with Gasteiger partial charge < -0.3 is 15.2 Å². The number of methoxy groups -OCH3 is 1. The Hall–Kier alpha value is -3.83. The first kappa shape index (κ1) is 21.0. The smallest absolute Gasteiger partial charge is 0.317 e. The molecule has 4 aromatic rings. The van der Waals surface area contributed by atoms with Crippen LogP contribution in [0.3, 0.4) is 0 Å². The normalized spacial score (nSPS) is 18.2. The van der Waals surface area contributed by atoms with Crippen LogP contribution in [0.5, 0.6) is 0 Å². The molecule has 4 aromatic heterocycles. The van der Waals surface area contributed by atoms with E-state index >= 15 is 0 Å².